The monoisotopic (exact) mass is 255 g/mol. The summed E-state index contributed by atoms with van der Waals surface area (Å²) in [6.45, 7) is 2.94. The van der Waals surface area contributed by atoms with Crippen LogP contribution >= 0.6 is 22.9 Å². The van der Waals surface area contributed by atoms with Gasteiger partial charge in [0.2, 0.25) is 0 Å². The fourth-order valence-electron chi connectivity index (χ4n) is 1.54. The third-order valence-corrected chi connectivity index (χ3v) is 3.71. The molecule has 0 saturated heterocycles. The number of nitrogens with one attached hydrogen (secondary N) is 1. The molecule has 0 bridgehead atoms. The summed E-state index contributed by atoms with van der Waals surface area (Å²) in [5.74, 6) is 0. The summed E-state index contributed by atoms with van der Waals surface area (Å²) in [6.07, 6.45) is 3.82. The van der Waals surface area contributed by atoms with Crippen LogP contribution < -0.4 is 5.32 Å². The van der Waals surface area contributed by atoms with Crippen molar-refractivity contribution < 1.29 is 0 Å². The van der Waals surface area contributed by atoms with E-state index in [2.05, 4.69) is 17.2 Å². The summed E-state index contributed by atoms with van der Waals surface area (Å²) in [5.41, 5.74) is 3.04. The Morgan fingerprint density at radius 1 is 1.62 bits per heavy atom. The first-order chi connectivity index (χ1) is 7.66. The Morgan fingerprint density at radius 3 is 3.00 bits per heavy atom. The number of rotatable bonds is 4. The highest BCUT2D eigenvalue weighted by molar-refractivity contribution is 7.09. The van der Waals surface area contributed by atoms with Crippen LogP contribution in [0.1, 0.15) is 23.5 Å². The van der Waals surface area contributed by atoms with Crippen molar-refractivity contribution in [2.45, 2.75) is 19.5 Å². The molecule has 0 spiro atoms. The van der Waals surface area contributed by atoms with Gasteiger partial charge in [0.15, 0.2) is 0 Å². The molecule has 16 heavy (non-hydrogen) atoms. The van der Waals surface area contributed by atoms with Gasteiger partial charge in [-0.25, -0.2) is 0 Å². The zero-order valence-corrected chi connectivity index (χ0v) is 10.8. The smallest absolute Gasteiger partial charge is 0.0794 e. The molecule has 1 atom stereocenters. The van der Waals surface area contributed by atoms with Crippen molar-refractivity contribution in [1.29, 1.82) is 0 Å². The van der Waals surface area contributed by atoms with E-state index in [0.717, 1.165) is 11.6 Å². The van der Waals surface area contributed by atoms with Gasteiger partial charge in [-0.3, -0.25) is 4.98 Å². The molecule has 0 saturated carbocycles. The van der Waals surface area contributed by atoms with E-state index in [9.17, 15) is 0 Å². The lowest BCUT2D eigenvalue weighted by Gasteiger charge is -2.11. The Balaban J connectivity index is 1.95. The highest BCUT2D eigenvalue weighted by Crippen LogP contribution is 2.18. The van der Waals surface area contributed by atoms with Crippen LogP contribution in [0.15, 0.2) is 24.0 Å². The number of aromatic nitrogens is 2. The van der Waals surface area contributed by atoms with Crippen molar-refractivity contribution in [1.82, 2.24) is 14.9 Å². The van der Waals surface area contributed by atoms with Crippen molar-refractivity contribution in [2.24, 2.45) is 7.05 Å². The molecule has 0 fully saturated rings. The number of nitrogens with zero attached hydrogens (tertiary/aromatic N) is 2. The molecule has 0 aliphatic rings. The summed E-state index contributed by atoms with van der Waals surface area (Å²) in [4.78, 5) is 5.32. The Morgan fingerprint density at radius 2 is 2.44 bits per heavy atom. The van der Waals surface area contributed by atoms with Crippen molar-refractivity contribution in [3.8, 4) is 0 Å². The molecule has 2 rings (SSSR count). The van der Waals surface area contributed by atoms with Crippen LogP contribution in [0.5, 0.6) is 0 Å². The molecular weight excluding hydrogens is 242 g/mol. The van der Waals surface area contributed by atoms with Crippen LogP contribution in [0.4, 0.5) is 0 Å². The Hall–Kier alpha value is -0.840. The standard InChI is InChI=1S/C11H14ClN3S/c1-8(11-5-13-7-16-11)14-4-10-3-9(12)6-15(10)2/h3,5-8,14H,4H2,1-2H3. The van der Waals surface area contributed by atoms with E-state index in [1.807, 2.05) is 35.6 Å². The summed E-state index contributed by atoms with van der Waals surface area (Å²) in [6, 6.07) is 2.30. The Kier molecular flexibility index (Phi) is 3.63. The molecule has 0 aromatic carbocycles. The highest BCUT2D eigenvalue weighted by Gasteiger charge is 2.07. The zero-order valence-electron chi connectivity index (χ0n) is 9.27. The van der Waals surface area contributed by atoms with E-state index in [1.54, 1.807) is 11.3 Å². The second kappa shape index (κ2) is 4.99. The average molecular weight is 256 g/mol. The minimum atomic E-state index is 0.321. The molecule has 0 aliphatic carbocycles. The largest absolute Gasteiger partial charge is 0.352 e. The summed E-state index contributed by atoms with van der Waals surface area (Å²) >= 11 is 7.59. The lowest BCUT2D eigenvalue weighted by Crippen LogP contribution is -2.18. The van der Waals surface area contributed by atoms with Gasteiger partial charge in [0.25, 0.3) is 0 Å². The summed E-state index contributed by atoms with van der Waals surface area (Å²) in [7, 11) is 2.00. The predicted molar refractivity (Wildman–Crippen MR) is 67.8 cm³/mol. The molecule has 2 heterocycles. The molecule has 2 aromatic rings. The van der Waals surface area contributed by atoms with Crippen LogP contribution in [-0.2, 0) is 13.6 Å². The first-order valence-electron chi connectivity index (χ1n) is 5.09. The number of hydrogen-bond acceptors (Lipinski definition) is 3. The summed E-state index contributed by atoms with van der Waals surface area (Å²) < 4.78 is 2.04. The SMILES string of the molecule is CC(NCc1cc(Cl)cn1C)c1cncs1. The van der Waals surface area contributed by atoms with Gasteiger partial charge in [-0.2, -0.15) is 0 Å². The fraction of sp³-hybridized carbons (Fsp3) is 0.364. The van der Waals surface area contributed by atoms with Gasteiger partial charge in [0, 0.05) is 42.6 Å². The molecule has 5 heteroatoms. The maximum Gasteiger partial charge on any atom is 0.0794 e. The maximum atomic E-state index is 5.92. The summed E-state index contributed by atoms with van der Waals surface area (Å²) in [5, 5.41) is 4.23. The third-order valence-electron chi connectivity index (χ3n) is 2.54. The topological polar surface area (TPSA) is 29.9 Å². The molecule has 86 valence electrons. The minimum absolute atomic E-state index is 0.321. The molecule has 1 unspecified atom stereocenters. The molecule has 1 N–H and O–H groups in total. The predicted octanol–water partition coefficient (Wildman–Crippen LogP) is 2.99. The Labute approximate surface area is 104 Å². The number of thiazole rings is 1. The number of hydrogen-bond donors (Lipinski definition) is 1. The maximum absolute atomic E-state index is 5.92. The first-order valence-corrected chi connectivity index (χ1v) is 6.35. The van der Waals surface area contributed by atoms with Crippen LogP contribution in [0, 0.1) is 0 Å². The minimum Gasteiger partial charge on any atom is -0.352 e. The van der Waals surface area contributed by atoms with Gasteiger partial charge >= 0.3 is 0 Å². The molecule has 0 radical (unpaired) electrons. The lowest BCUT2D eigenvalue weighted by molar-refractivity contribution is 0.564. The highest BCUT2D eigenvalue weighted by atomic mass is 35.5. The fourth-order valence-corrected chi connectivity index (χ4v) is 2.46. The van der Waals surface area contributed by atoms with Crippen LogP contribution in [0.2, 0.25) is 5.02 Å². The van der Waals surface area contributed by atoms with Crippen LogP contribution in [0.3, 0.4) is 0 Å². The van der Waals surface area contributed by atoms with Gasteiger partial charge in [0.05, 0.1) is 10.5 Å². The van der Waals surface area contributed by atoms with E-state index < -0.39 is 0 Å². The van der Waals surface area contributed by atoms with Gasteiger partial charge in [0.1, 0.15) is 0 Å². The lowest BCUT2D eigenvalue weighted by atomic mass is 10.3. The number of halogens is 1. The third kappa shape index (κ3) is 2.64. The van der Waals surface area contributed by atoms with E-state index in [1.165, 1.54) is 10.6 Å². The van der Waals surface area contributed by atoms with E-state index in [4.69, 9.17) is 11.6 Å². The van der Waals surface area contributed by atoms with Gasteiger partial charge < -0.3 is 9.88 Å². The van der Waals surface area contributed by atoms with Crippen LogP contribution in [-0.4, -0.2) is 9.55 Å². The van der Waals surface area contributed by atoms with E-state index >= 15 is 0 Å². The van der Waals surface area contributed by atoms with E-state index in [-0.39, 0.29) is 0 Å². The molecular formula is C11H14ClN3S. The second-order valence-electron chi connectivity index (χ2n) is 3.77. The van der Waals surface area contributed by atoms with Gasteiger partial charge in [-0.15, -0.1) is 11.3 Å². The molecule has 3 nitrogen and oxygen atoms in total. The van der Waals surface area contributed by atoms with Gasteiger partial charge in [-0.1, -0.05) is 11.6 Å². The normalized spacial score (nSPS) is 12.9. The van der Waals surface area contributed by atoms with Gasteiger partial charge in [-0.05, 0) is 13.0 Å². The van der Waals surface area contributed by atoms with Crippen molar-refractivity contribution >= 4 is 22.9 Å². The van der Waals surface area contributed by atoms with Crippen molar-refractivity contribution in [3.05, 3.63) is 39.6 Å². The first kappa shape index (κ1) is 11.6. The van der Waals surface area contributed by atoms with Crippen LogP contribution in [0.25, 0.3) is 0 Å². The molecule has 0 amide bonds. The number of aryl methyl sites for hydroxylation is 1. The average Bonchev–Trinajstić information content (AvgIpc) is 2.84. The van der Waals surface area contributed by atoms with Crippen molar-refractivity contribution in [3.63, 3.8) is 0 Å². The molecule has 0 aliphatic heterocycles. The zero-order chi connectivity index (χ0) is 11.5. The van der Waals surface area contributed by atoms with E-state index in [0.29, 0.717) is 6.04 Å². The Bertz CT molecular complexity index is 450. The quantitative estimate of drug-likeness (QED) is 0.910. The second-order valence-corrected chi connectivity index (χ2v) is 5.12. The van der Waals surface area contributed by atoms with Crippen molar-refractivity contribution in [2.75, 3.05) is 0 Å². The molecule has 2 aromatic heterocycles.